The fraction of sp³-hybridized carbons (Fsp3) is 0.654. The third kappa shape index (κ3) is 5.32. The van der Waals surface area contributed by atoms with E-state index >= 15 is 0 Å². The monoisotopic (exact) mass is 436 g/mol. The summed E-state index contributed by atoms with van der Waals surface area (Å²) in [6.45, 7) is 5.52. The van der Waals surface area contributed by atoms with Crippen LogP contribution >= 0.6 is 0 Å². The van der Waals surface area contributed by atoms with Crippen LogP contribution in [0.4, 0.5) is 4.79 Å². The molecule has 0 aromatic heterocycles. The number of urea groups is 1. The van der Waals surface area contributed by atoms with Crippen LogP contribution in [0.15, 0.2) is 24.3 Å². The Labute approximate surface area is 191 Å². The van der Waals surface area contributed by atoms with Crippen LogP contribution in [0.1, 0.15) is 69.4 Å². The summed E-state index contributed by atoms with van der Waals surface area (Å²) in [6.07, 6.45) is 6.36. The minimum atomic E-state index is -0.267. The van der Waals surface area contributed by atoms with Crippen molar-refractivity contribution in [2.45, 2.75) is 82.8 Å². The van der Waals surface area contributed by atoms with Crippen molar-refractivity contribution in [3.8, 4) is 6.07 Å². The molecule has 6 nitrogen and oxygen atoms in total. The van der Waals surface area contributed by atoms with Crippen molar-refractivity contribution < 1.29 is 9.59 Å². The summed E-state index contributed by atoms with van der Waals surface area (Å²) in [5.74, 6) is 0.893. The number of carbonyl (C=O) groups is 2. The molecule has 2 heterocycles. The van der Waals surface area contributed by atoms with Crippen molar-refractivity contribution in [1.29, 1.82) is 5.26 Å². The van der Waals surface area contributed by atoms with Gasteiger partial charge in [-0.15, -0.1) is 0 Å². The molecule has 2 N–H and O–H groups in total. The molecule has 0 unspecified atom stereocenters. The van der Waals surface area contributed by atoms with Crippen molar-refractivity contribution >= 4 is 11.8 Å². The number of Topliss-reactive ketones (excluding diaryl/α,β-unsaturated/α-hetero) is 1. The van der Waals surface area contributed by atoms with E-state index in [0.29, 0.717) is 30.7 Å². The molecule has 1 aromatic carbocycles. The maximum absolute atomic E-state index is 12.7. The number of carbonyl (C=O) groups excluding carboxylic acids is 2. The quantitative estimate of drug-likeness (QED) is 0.681. The van der Waals surface area contributed by atoms with Gasteiger partial charge in [-0.3, -0.25) is 4.79 Å². The number of likely N-dealkylation sites (tertiary alicyclic amines) is 1. The van der Waals surface area contributed by atoms with Gasteiger partial charge in [0.25, 0.3) is 0 Å². The van der Waals surface area contributed by atoms with E-state index < -0.39 is 0 Å². The van der Waals surface area contributed by atoms with E-state index in [1.165, 1.54) is 12.0 Å². The minimum Gasteiger partial charge on any atom is -0.336 e. The lowest BCUT2D eigenvalue weighted by molar-refractivity contribution is -0.122. The molecule has 2 bridgehead atoms. The highest BCUT2D eigenvalue weighted by Crippen LogP contribution is 2.36. The molecule has 2 amide bonds. The molecule has 2 aliphatic heterocycles. The summed E-state index contributed by atoms with van der Waals surface area (Å²) in [7, 11) is 0. The summed E-state index contributed by atoms with van der Waals surface area (Å²) in [5, 5.41) is 16.1. The van der Waals surface area contributed by atoms with Gasteiger partial charge in [0.15, 0.2) is 5.78 Å². The summed E-state index contributed by atoms with van der Waals surface area (Å²) in [5.41, 5.74) is 2.41. The highest BCUT2D eigenvalue weighted by atomic mass is 16.2. The number of benzene rings is 1. The lowest BCUT2D eigenvalue weighted by atomic mass is 9.86. The van der Waals surface area contributed by atoms with E-state index in [1.807, 2.05) is 18.7 Å². The zero-order valence-electron chi connectivity index (χ0n) is 19.3. The standard InChI is InChI=1S/C26H36N4O2/c1-17(2)28-26(32)30-11-9-21(10-12-30)20-5-3-18(4-6-20)13-19(16-27)14-24(31)25-22-7-8-23(15-22)29-25/h3-6,17,19,21-23,25,29H,7-15H2,1-2H3,(H,28,32)/t19-,22+,23-,25+/m1/s1. The van der Waals surface area contributed by atoms with Gasteiger partial charge < -0.3 is 15.5 Å². The molecular formula is C26H36N4O2. The summed E-state index contributed by atoms with van der Waals surface area (Å²) >= 11 is 0. The van der Waals surface area contributed by atoms with Gasteiger partial charge in [-0.2, -0.15) is 5.26 Å². The number of nitrogens with one attached hydrogen (secondary N) is 2. The number of fused-ring (bicyclic) bond motifs is 2. The van der Waals surface area contributed by atoms with Gasteiger partial charge in [0.1, 0.15) is 0 Å². The topological polar surface area (TPSA) is 85.2 Å². The largest absolute Gasteiger partial charge is 0.336 e. The second-order valence-electron chi connectivity index (χ2n) is 10.2. The highest BCUT2D eigenvalue weighted by molar-refractivity contribution is 5.85. The number of ketones is 1. The first-order chi connectivity index (χ1) is 15.4. The van der Waals surface area contributed by atoms with Crippen molar-refractivity contribution in [1.82, 2.24) is 15.5 Å². The van der Waals surface area contributed by atoms with Crippen molar-refractivity contribution in [2.24, 2.45) is 11.8 Å². The molecule has 32 heavy (non-hydrogen) atoms. The number of piperidine rings is 2. The van der Waals surface area contributed by atoms with Crippen LogP contribution in [0.5, 0.6) is 0 Å². The third-order valence-corrected chi connectivity index (χ3v) is 7.46. The van der Waals surface area contributed by atoms with Gasteiger partial charge in [0.05, 0.1) is 18.0 Å². The van der Waals surface area contributed by atoms with Crippen LogP contribution in [-0.2, 0) is 11.2 Å². The van der Waals surface area contributed by atoms with Crippen LogP contribution < -0.4 is 10.6 Å². The molecular weight excluding hydrogens is 400 g/mol. The molecule has 4 rings (SSSR count). The van der Waals surface area contributed by atoms with Crippen LogP contribution in [0, 0.1) is 23.2 Å². The van der Waals surface area contributed by atoms with E-state index in [1.54, 1.807) is 0 Å². The first kappa shape index (κ1) is 22.8. The van der Waals surface area contributed by atoms with Gasteiger partial charge in [-0.25, -0.2) is 4.79 Å². The molecule has 3 fully saturated rings. The third-order valence-electron chi connectivity index (χ3n) is 7.46. The van der Waals surface area contributed by atoms with Crippen molar-refractivity contribution in [3.05, 3.63) is 35.4 Å². The van der Waals surface area contributed by atoms with Crippen LogP contribution in [0.25, 0.3) is 0 Å². The van der Waals surface area contributed by atoms with Crippen LogP contribution in [-0.4, -0.2) is 47.9 Å². The van der Waals surface area contributed by atoms with E-state index in [0.717, 1.165) is 44.3 Å². The van der Waals surface area contributed by atoms with E-state index in [9.17, 15) is 14.9 Å². The van der Waals surface area contributed by atoms with Crippen LogP contribution in [0.2, 0.25) is 0 Å². The predicted molar refractivity (Wildman–Crippen MR) is 124 cm³/mol. The number of amides is 2. The number of hydrogen-bond donors (Lipinski definition) is 2. The number of nitrogens with zero attached hydrogens (tertiary/aromatic N) is 2. The van der Waals surface area contributed by atoms with Gasteiger partial charge in [-0.05, 0) is 75.3 Å². The van der Waals surface area contributed by atoms with Gasteiger partial charge in [-0.1, -0.05) is 24.3 Å². The minimum absolute atomic E-state index is 0.0273. The number of hydrogen-bond acceptors (Lipinski definition) is 4. The smallest absolute Gasteiger partial charge is 0.317 e. The predicted octanol–water partition coefficient (Wildman–Crippen LogP) is 3.77. The molecule has 1 saturated carbocycles. The zero-order chi connectivity index (χ0) is 22.7. The SMILES string of the molecule is CC(C)NC(=O)N1CCC(c2ccc(C[C@@H](C#N)CC(=O)[C@H]3N[C@@H]4CC[C@H]3C4)cc2)CC1. The lowest BCUT2D eigenvalue weighted by Gasteiger charge is -2.32. The normalized spacial score (nSPS) is 26.2. The Hall–Kier alpha value is -2.39. The Morgan fingerprint density at radius 3 is 2.44 bits per heavy atom. The maximum Gasteiger partial charge on any atom is 0.317 e. The van der Waals surface area contributed by atoms with Crippen molar-refractivity contribution in [2.75, 3.05) is 13.1 Å². The molecule has 0 spiro atoms. The number of nitriles is 1. The van der Waals surface area contributed by atoms with E-state index in [-0.39, 0.29) is 29.8 Å². The molecule has 1 aromatic rings. The zero-order valence-corrected chi connectivity index (χ0v) is 19.3. The number of rotatable bonds is 7. The van der Waals surface area contributed by atoms with Gasteiger partial charge >= 0.3 is 6.03 Å². The second kappa shape index (κ2) is 10.0. The Kier molecular flexibility index (Phi) is 7.15. The average molecular weight is 437 g/mol. The van der Waals surface area contributed by atoms with Crippen molar-refractivity contribution in [3.63, 3.8) is 0 Å². The fourth-order valence-electron chi connectivity index (χ4n) is 5.71. The summed E-state index contributed by atoms with van der Waals surface area (Å²) < 4.78 is 0. The van der Waals surface area contributed by atoms with Gasteiger partial charge in [0.2, 0.25) is 0 Å². The Bertz CT molecular complexity index is 852. The molecule has 3 aliphatic rings. The molecule has 2 saturated heterocycles. The maximum atomic E-state index is 12.7. The Morgan fingerprint density at radius 2 is 1.88 bits per heavy atom. The molecule has 172 valence electrons. The summed E-state index contributed by atoms with van der Waals surface area (Å²) in [6, 6.07) is 11.6. The molecule has 4 atom stereocenters. The lowest BCUT2D eigenvalue weighted by Crippen LogP contribution is -2.46. The molecule has 1 aliphatic carbocycles. The highest BCUT2D eigenvalue weighted by Gasteiger charge is 2.42. The van der Waals surface area contributed by atoms with E-state index in [4.69, 9.17) is 0 Å². The molecule has 0 radical (unpaired) electrons. The fourth-order valence-corrected chi connectivity index (χ4v) is 5.71. The Balaban J connectivity index is 1.26. The first-order valence-electron chi connectivity index (χ1n) is 12.3. The van der Waals surface area contributed by atoms with Crippen LogP contribution in [0.3, 0.4) is 0 Å². The molecule has 6 heteroatoms. The summed E-state index contributed by atoms with van der Waals surface area (Å²) in [4.78, 5) is 26.8. The van der Waals surface area contributed by atoms with Gasteiger partial charge in [0, 0.05) is 31.6 Å². The van der Waals surface area contributed by atoms with E-state index in [2.05, 4.69) is 41.0 Å². The average Bonchev–Trinajstić information content (AvgIpc) is 3.43. The second-order valence-corrected chi connectivity index (χ2v) is 10.2. The Morgan fingerprint density at radius 1 is 1.16 bits per heavy atom. The first-order valence-corrected chi connectivity index (χ1v) is 12.3.